The van der Waals surface area contributed by atoms with E-state index in [4.69, 9.17) is 5.73 Å². The van der Waals surface area contributed by atoms with Gasteiger partial charge in [-0.05, 0) is 36.2 Å². The molecule has 0 radical (unpaired) electrons. The fraction of sp³-hybridized carbons (Fsp3) is 0.400. The van der Waals surface area contributed by atoms with Gasteiger partial charge in [0.25, 0.3) is 0 Å². The third kappa shape index (κ3) is 3.82. The van der Waals surface area contributed by atoms with E-state index >= 15 is 0 Å². The van der Waals surface area contributed by atoms with E-state index in [9.17, 15) is 0 Å². The molecular weight excluding hydrogens is 388 g/mol. The lowest BCUT2D eigenvalue weighted by Gasteiger charge is -2.11. The van der Waals surface area contributed by atoms with Gasteiger partial charge in [0, 0.05) is 17.1 Å². The summed E-state index contributed by atoms with van der Waals surface area (Å²) in [4.78, 5) is 0. The lowest BCUT2D eigenvalue weighted by Crippen LogP contribution is -2.14. The number of halogens is 3. The molecule has 0 aliphatic carbocycles. The molecule has 5 heteroatoms. The molecule has 0 fully saturated rings. The van der Waals surface area contributed by atoms with Crippen molar-refractivity contribution in [3.05, 3.63) is 33.8 Å². The van der Waals surface area contributed by atoms with Crippen LogP contribution in [-0.2, 0) is 6.54 Å². The molecule has 1 aromatic rings. The van der Waals surface area contributed by atoms with Gasteiger partial charge >= 0.3 is 0 Å². The van der Waals surface area contributed by atoms with Gasteiger partial charge in [-0.3, -0.25) is 0 Å². The number of hydrogen-bond acceptors (Lipinski definition) is 2. The first-order valence-corrected chi connectivity index (χ1v) is 5.31. The highest BCUT2D eigenvalue weighted by molar-refractivity contribution is 9.10. The highest BCUT2D eigenvalue weighted by atomic mass is 79.9. The summed E-state index contributed by atoms with van der Waals surface area (Å²) in [6, 6.07) is 6.52. The second-order valence-electron chi connectivity index (χ2n) is 3.42. The molecule has 2 nitrogen and oxygen atoms in total. The third-order valence-corrected chi connectivity index (χ3v) is 2.95. The van der Waals surface area contributed by atoms with E-state index in [2.05, 4.69) is 39.4 Å². The summed E-state index contributed by atoms with van der Waals surface area (Å²) in [5.41, 5.74) is 8.65. The largest absolute Gasteiger partial charge is 0.324 e. The Hall–Kier alpha value is 0.580. The first-order chi connectivity index (χ1) is 6.27. The molecule has 0 spiro atoms. The molecule has 1 aromatic carbocycles. The average molecular weight is 403 g/mol. The second-order valence-corrected chi connectivity index (χ2v) is 4.33. The number of rotatable bonds is 0. The number of nitrogens with two attached hydrogens (primary N) is 1. The van der Waals surface area contributed by atoms with Crippen LogP contribution < -0.4 is 11.1 Å². The third-order valence-electron chi connectivity index (χ3n) is 2.45. The van der Waals surface area contributed by atoms with Gasteiger partial charge < -0.3 is 11.1 Å². The van der Waals surface area contributed by atoms with Gasteiger partial charge in [-0.15, -0.1) is 34.0 Å². The van der Waals surface area contributed by atoms with E-state index in [1.54, 1.807) is 0 Å². The normalized spacial score (nSPS) is 19.2. The van der Waals surface area contributed by atoms with Crippen LogP contribution in [0.15, 0.2) is 22.7 Å². The highest BCUT2D eigenvalue weighted by Gasteiger charge is 2.14. The SMILES string of the molecule is Br.Br.NC1CCNCc2cc(Br)ccc21. The average Bonchev–Trinajstić information content (AvgIpc) is 2.28. The summed E-state index contributed by atoms with van der Waals surface area (Å²) in [7, 11) is 0. The van der Waals surface area contributed by atoms with Gasteiger partial charge in [0.15, 0.2) is 0 Å². The van der Waals surface area contributed by atoms with Crippen molar-refractivity contribution >= 4 is 49.9 Å². The fourth-order valence-corrected chi connectivity index (χ4v) is 2.13. The minimum Gasteiger partial charge on any atom is -0.324 e. The molecule has 1 aliphatic rings. The zero-order valence-electron chi connectivity index (χ0n) is 8.20. The molecule has 0 bridgehead atoms. The molecule has 15 heavy (non-hydrogen) atoms. The predicted octanol–water partition coefficient (Wildman–Crippen LogP) is 3.10. The maximum Gasteiger partial charge on any atom is 0.0310 e. The molecule has 1 aliphatic heterocycles. The predicted molar refractivity (Wildman–Crippen MR) is 78.0 cm³/mol. The summed E-state index contributed by atoms with van der Waals surface area (Å²) in [6.07, 6.45) is 1.02. The standard InChI is InChI=1S/C10H13BrN2.2BrH/c11-8-1-2-9-7(5-8)6-13-4-3-10(9)12;;/h1-2,5,10,13H,3-4,6,12H2;2*1H. The van der Waals surface area contributed by atoms with Gasteiger partial charge in [0.05, 0.1) is 0 Å². The zero-order valence-corrected chi connectivity index (χ0v) is 13.2. The van der Waals surface area contributed by atoms with Crippen LogP contribution in [0.25, 0.3) is 0 Å². The number of benzene rings is 1. The van der Waals surface area contributed by atoms with Crippen LogP contribution >= 0.6 is 49.9 Å². The van der Waals surface area contributed by atoms with Crippen LogP contribution in [0.3, 0.4) is 0 Å². The van der Waals surface area contributed by atoms with Crippen molar-refractivity contribution in [3.63, 3.8) is 0 Å². The quantitative estimate of drug-likeness (QED) is 0.699. The maximum atomic E-state index is 6.04. The number of fused-ring (bicyclic) bond motifs is 1. The Morgan fingerprint density at radius 1 is 1.33 bits per heavy atom. The van der Waals surface area contributed by atoms with Crippen LogP contribution in [0.2, 0.25) is 0 Å². The van der Waals surface area contributed by atoms with E-state index in [1.165, 1.54) is 11.1 Å². The lowest BCUT2D eigenvalue weighted by atomic mass is 10.0. The Morgan fingerprint density at radius 3 is 2.80 bits per heavy atom. The minimum absolute atomic E-state index is 0. The first kappa shape index (κ1) is 15.6. The molecule has 3 N–H and O–H groups in total. The molecule has 0 amide bonds. The monoisotopic (exact) mass is 400 g/mol. The lowest BCUT2D eigenvalue weighted by molar-refractivity contribution is 0.614. The van der Waals surface area contributed by atoms with E-state index in [0.717, 1.165) is 24.0 Å². The maximum absolute atomic E-state index is 6.04. The summed E-state index contributed by atoms with van der Waals surface area (Å²) in [5, 5.41) is 3.36. The Labute approximate surface area is 120 Å². The van der Waals surface area contributed by atoms with Crippen molar-refractivity contribution < 1.29 is 0 Å². The molecule has 0 aromatic heterocycles. The van der Waals surface area contributed by atoms with Crippen molar-refractivity contribution in [1.29, 1.82) is 0 Å². The van der Waals surface area contributed by atoms with Gasteiger partial charge in [0.2, 0.25) is 0 Å². The summed E-state index contributed by atoms with van der Waals surface area (Å²) < 4.78 is 1.13. The summed E-state index contributed by atoms with van der Waals surface area (Å²) in [6.45, 7) is 1.94. The van der Waals surface area contributed by atoms with Crippen LogP contribution in [0.4, 0.5) is 0 Å². The smallest absolute Gasteiger partial charge is 0.0310 e. The molecule has 1 unspecified atom stereocenters. The Bertz CT molecular complexity index is 318. The van der Waals surface area contributed by atoms with E-state index < -0.39 is 0 Å². The zero-order chi connectivity index (χ0) is 9.26. The Morgan fingerprint density at radius 2 is 2.07 bits per heavy atom. The molecule has 1 heterocycles. The van der Waals surface area contributed by atoms with Crippen LogP contribution in [0.5, 0.6) is 0 Å². The summed E-state index contributed by atoms with van der Waals surface area (Å²) in [5.74, 6) is 0. The molecule has 86 valence electrons. The first-order valence-electron chi connectivity index (χ1n) is 4.52. The van der Waals surface area contributed by atoms with Crippen molar-refractivity contribution in [2.75, 3.05) is 6.54 Å². The van der Waals surface area contributed by atoms with Crippen molar-refractivity contribution in [1.82, 2.24) is 5.32 Å². The van der Waals surface area contributed by atoms with Crippen LogP contribution in [0, 0.1) is 0 Å². The van der Waals surface area contributed by atoms with E-state index in [-0.39, 0.29) is 40.0 Å². The minimum atomic E-state index is 0. The van der Waals surface area contributed by atoms with Gasteiger partial charge in [0.1, 0.15) is 0 Å². The van der Waals surface area contributed by atoms with Crippen molar-refractivity contribution in [2.45, 2.75) is 19.0 Å². The van der Waals surface area contributed by atoms with Crippen molar-refractivity contribution in [3.8, 4) is 0 Å². The van der Waals surface area contributed by atoms with Gasteiger partial charge in [-0.2, -0.15) is 0 Å². The highest BCUT2D eigenvalue weighted by Crippen LogP contribution is 2.24. The molecular formula is C10H15Br3N2. The Kier molecular flexibility index (Phi) is 7.28. The van der Waals surface area contributed by atoms with Crippen LogP contribution in [0.1, 0.15) is 23.6 Å². The number of nitrogens with one attached hydrogen (secondary N) is 1. The molecule has 0 saturated heterocycles. The summed E-state index contributed by atoms with van der Waals surface area (Å²) >= 11 is 3.47. The topological polar surface area (TPSA) is 38.0 Å². The van der Waals surface area contributed by atoms with Crippen LogP contribution in [-0.4, -0.2) is 6.54 Å². The second kappa shape index (κ2) is 7.01. The molecule has 0 saturated carbocycles. The fourth-order valence-electron chi connectivity index (χ4n) is 1.73. The molecule has 1 atom stereocenters. The van der Waals surface area contributed by atoms with E-state index in [1.807, 2.05) is 0 Å². The van der Waals surface area contributed by atoms with Gasteiger partial charge in [-0.1, -0.05) is 22.0 Å². The molecule has 2 rings (SSSR count). The number of hydrogen-bond donors (Lipinski definition) is 2. The van der Waals surface area contributed by atoms with Gasteiger partial charge in [-0.25, -0.2) is 0 Å². The van der Waals surface area contributed by atoms with Crippen molar-refractivity contribution in [2.24, 2.45) is 5.73 Å². The Balaban J connectivity index is 0.000000980. The van der Waals surface area contributed by atoms with E-state index in [0.29, 0.717) is 0 Å².